The molecule has 0 saturated heterocycles. The van der Waals surface area contributed by atoms with Crippen molar-refractivity contribution < 1.29 is 9.53 Å². The number of rotatable bonds is 4. The highest BCUT2D eigenvalue weighted by Crippen LogP contribution is 2.31. The highest BCUT2D eigenvalue weighted by molar-refractivity contribution is 6.30. The molecule has 1 aliphatic rings. The molecule has 1 aromatic heterocycles. The number of nitrogens with zero attached hydrogens (tertiary/aromatic N) is 2. The van der Waals surface area contributed by atoms with Crippen LogP contribution in [0, 0.1) is 0 Å². The Morgan fingerprint density at radius 2 is 2.24 bits per heavy atom. The molecule has 5 nitrogen and oxygen atoms in total. The van der Waals surface area contributed by atoms with Gasteiger partial charge in [0.1, 0.15) is 5.75 Å². The van der Waals surface area contributed by atoms with E-state index in [0.717, 1.165) is 22.6 Å². The molecule has 0 radical (unpaired) electrons. The van der Waals surface area contributed by atoms with Gasteiger partial charge in [-0.25, -0.2) is 4.98 Å². The van der Waals surface area contributed by atoms with E-state index in [9.17, 15) is 4.79 Å². The number of hydrogen-bond acceptors (Lipinski definition) is 3. The second-order valence-electron chi connectivity index (χ2n) is 5.99. The van der Waals surface area contributed by atoms with E-state index >= 15 is 0 Å². The van der Waals surface area contributed by atoms with Gasteiger partial charge in [-0.3, -0.25) is 4.79 Å². The van der Waals surface area contributed by atoms with Crippen molar-refractivity contribution in [3.05, 3.63) is 77.3 Å². The maximum absolute atomic E-state index is 12.5. The molecular weight excluding hydrogens is 338 g/mol. The lowest BCUT2D eigenvalue weighted by molar-refractivity contribution is -0.122. The van der Waals surface area contributed by atoms with E-state index in [0.29, 0.717) is 18.0 Å². The Balaban J connectivity index is 1.43. The topological polar surface area (TPSA) is 56.2 Å². The molecule has 4 rings (SSSR count). The van der Waals surface area contributed by atoms with Crippen LogP contribution < -0.4 is 10.1 Å². The third-order valence-corrected chi connectivity index (χ3v) is 4.34. The van der Waals surface area contributed by atoms with Gasteiger partial charge in [0.05, 0.1) is 6.33 Å². The van der Waals surface area contributed by atoms with Gasteiger partial charge in [-0.15, -0.1) is 0 Å². The summed E-state index contributed by atoms with van der Waals surface area (Å²) < 4.78 is 7.70. The summed E-state index contributed by atoms with van der Waals surface area (Å²) in [6.07, 6.45) is 5.40. The quantitative estimate of drug-likeness (QED) is 0.780. The second-order valence-corrected chi connectivity index (χ2v) is 6.42. The number of imidazole rings is 1. The van der Waals surface area contributed by atoms with E-state index in [1.165, 1.54) is 0 Å². The van der Waals surface area contributed by atoms with Gasteiger partial charge in [-0.1, -0.05) is 23.7 Å². The van der Waals surface area contributed by atoms with Crippen LogP contribution in [0.15, 0.2) is 61.2 Å². The molecule has 0 fully saturated rings. The van der Waals surface area contributed by atoms with E-state index in [1.54, 1.807) is 24.7 Å². The molecule has 1 aliphatic heterocycles. The Hall–Kier alpha value is -2.79. The number of carbonyl (C=O) groups is 1. The molecule has 0 spiro atoms. The number of carbonyl (C=O) groups excluding carboxylic acids is 1. The normalized spacial score (nSPS) is 15.5. The summed E-state index contributed by atoms with van der Waals surface area (Å²) in [5.41, 5.74) is 2.79. The van der Waals surface area contributed by atoms with Crippen molar-refractivity contribution >= 4 is 23.2 Å². The minimum atomic E-state index is -0.536. The predicted molar refractivity (Wildman–Crippen MR) is 96.0 cm³/mol. The number of aromatic nitrogens is 2. The van der Waals surface area contributed by atoms with Crippen LogP contribution in [0.2, 0.25) is 5.02 Å². The number of nitrogens with one attached hydrogen (secondary N) is 1. The molecule has 1 amide bonds. The fourth-order valence-corrected chi connectivity index (χ4v) is 3.12. The minimum absolute atomic E-state index is 0.160. The zero-order valence-electron chi connectivity index (χ0n) is 13.4. The Kier molecular flexibility index (Phi) is 4.15. The van der Waals surface area contributed by atoms with E-state index in [4.69, 9.17) is 16.3 Å². The van der Waals surface area contributed by atoms with Gasteiger partial charge in [0.25, 0.3) is 5.91 Å². The Bertz CT molecular complexity index is 909. The molecule has 25 heavy (non-hydrogen) atoms. The van der Waals surface area contributed by atoms with Crippen molar-refractivity contribution in [1.29, 1.82) is 0 Å². The maximum Gasteiger partial charge on any atom is 0.265 e. The molecule has 2 aromatic carbocycles. The number of halogens is 1. The number of fused-ring (bicyclic) bond motifs is 1. The summed E-state index contributed by atoms with van der Waals surface area (Å²) >= 11 is 5.99. The molecule has 3 aromatic rings. The predicted octanol–water partition coefficient (Wildman–Crippen LogP) is 3.53. The van der Waals surface area contributed by atoms with Crippen molar-refractivity contribution in [2.75, 3.05) is 5.32 Å². The maximum atomic E-state index is 12.5. The van der Waals surface area contributed by atoms with E-state index in [-0.39, 0.29) is 5.91 Å². The van der Waals surface area contributed by atoms with Gasteiger partial charge in [0, 0.05) is 36.1 Å². The molecule has 126 valence electrons. The highest BCUT2D eigenvalue weighted by atomic mass is 35.5. The average Bonchev–Trinajstić information content (AvgIpc) is 3.24. The van der Waals surface area contributed by atoms with Crippen LogP contribution >= 0.6 is 11.6 Å². The van der Waals surface area contributed by atoms with Gasteiger partial charge >= 0.3 is 0 Å². The Morgan fingerprint density at radius 3 is 3.08 bits per heavy atom. The first-order valence-electron chi connectivity index (χ1n) is 7.98. The first-order valence-corrected chi connectivity index (χ1v) is 8.36. The zero-order valence-corrected chi connectivity index (χ0v) is 14.1. The van der Waals surface area contributed by atoms with Crippen LogP contribution in [0.4, 0.5) is 5.69 Å². The lowest BCUT2D eigenvalue weighted by Gasteiger charge is -2.12. The Labute approximate surface area is 150 Å². The number of amides is 1. The first kappa shape index (κ1) is 15.7. The van der Waals surface area contributed by atoms with Crippen molar-refractivity contribution in [3.8, 4) is 5.75 Å². The molecular formula is C19H16ClN3O2. The minimum Gasteiger partial charge on any atom is -0.480 e. The number of anilines is 1. The molecule has 1 atom stereocenters. The highest BCUT2D eigenvalue weighted by Gasteiger charge is 2.29. The van der Waals surface area contributed by atoms with Crippen LogP contribution in [-0.4, -0.2) is 21.6 Å². The lowest BCUT2D eigenvalue weighted by atomic mass is 10.1. The molecule has 0 saturated carbocycles. The largest absolute Gasteiger partial charge is 0.480 e. The summed E-state index contributed by atoms with van der Waals surface area (Å²) in [5, 5.41) is 3.58. The van der Waals surface area contributed by atoms with Crippen LogP contribution in [0.1, 0.15) is 11.1 Å². The van der Waals surface area contributed by atoms with E-state index in [2.05, 4.69) is 10.3 Å². The fourth-order valence-electron chi connectivity index (χ4n) is 2.92. The third-order valence-electron chi connectivity index (χ3n) is 4.11. The van der Waals surface area contributed by atoms with Crippen molar-refractivity contribution in [2.24, 2.45) is 0 Å². The zero-order chi connectivity index (χ0) is 17.2. The van der Waals surface area contributed by atoms with Crippen molar-refractivity contribution in [1.82, 2.24) is 9.55 Å². The molecule has 6 heteroatoms. The SMILES string of the molecule is O=C(Nc1cccc(Cn2ccnc2)c1)[C@H]1Cc2cc(Cl)ccc2O1. The van der Waals surface area contributed by atoms with E-state index in [1.807, 2.05) is 41.1 Å². The number of benzene rings is 2. The molecule has 2 heterocycles. The fraction of sp³-hybridized carbons (Fsp3) is 0.158. The van der Waals surface area contributed by atoms with Gasteiger partial charge in [0.15, 0.2) is 6.10 Å². The van der Waals surface area contributed by atoms with Crippen LogP contribution in [0.3, 0.4) is 0 Å². The molecule has 0 bridgehead atoms. The summed E-state index contributed by atoms with van der Waals surface area (Å²) in [6.45, 7) is 0.702. The lowest BCUT2D eigenvalue weighted by Crippen LogP contribution is -2.31. The molecule has 0 unspecified atom stereocenters. The van der Waals surface area contributed by atoms with Gasteiger partial charge in [-0.05, 0) is 41.5 Å². The van der Waals surface area contributed by atoms with E-state index < -0.39 is 6.10 Å². The average molecular weight is 354 g/mol. The summed E-state index contributed by atoms with van der Waals surface area (Å²) in [7, 11) is 0. The van der Waals surface area contributed by atoms with Crippen LogP contribution in [-0.2, 0) is 17.8 Å². The van der Waals surface area contributed by atoms with Crippen LogP contribution in [0.5, 0.6) is 5.75 Å². The number of hydrogen-bond donors (Lipinski definition) is 1. The van der Waals surface area contributed by atoms with Gasteiger partial charge < -0.3 is 14.6 Å². The third kappa shape index (κ3) is 3.51. The number of ether oxygens (including phenoxy) is 1. The molecule has 1 N–H and O–H groups in total. The second kappa shape index (κ2) is 6.61. The van der Waals surface area contributed by atoms with Gasteiger partial charge in [-0.2, -0.15) is 0 Å². The van der Waals surface area contributed by atoms with Crippen molar-refractivity contribution in [3.63, 3.8) is 0 Å². The van der Waals surface area contributed by atoms with Crippen LogP contribution in [0.25, 0.3) is 0 Å². The molecule has 0 aliphatic carbocycles. The Morgan fingerprint density at radius 1 is 1.32 bits per heavy atom. The first-order chi connectivity index (χ1) is 12.2. The van der Waals surface area contributed by atoms with Gasteiger partial charge in [0.2, 0.25) is 0 Å². The summed E-state index contributed by atoms with van der Waals surface area (Å²) in [4.78, 5) is 16.5. The standard InChI is InChI=1S/C19H16ClN3O2/c20-15-4-5-17-14(9-15)10-18(25-17)19(24)22-16-3-1-2-13(8-16)11-23-7-6-21-12-23/h1-9,12,18H,10-11H2,(H,22,24)/t18-/m1/s1. The summed E-state index contributed by atoms with van der Waals surface area (Å²) in [5.74, 6) is 0.561. The monoisotopic (exact) mass is 353 g/mol. The van der Waals surface area contributed by atoms with Crippen molar-refractivity contribution in [2.45, 2.75) is 19.1 Å². The smallest absolute Gasteiger partial charge is 0.265 e. The summed E-state index contributed by atoms with van der Waals surface area (Å²) in [6, 6.07) is 13.2.